The highest BCUT2D eigenvalue weighted by atomic mass is 35.5. The summed E-state index contributed by atoms with van der Waals surface area (Å²) in [5, 5.41) is 0.684. The molecule has 1 aromatic rings. The molecule has 0 aromatic carbocycles. The molecule has 94 valence electrons. The Kier molecular flexibility index (Phi) is 4.20. The Morgan fingerprint density at radius 1 is 1.53 bits per heavy atom. The largest absolute Gasteiger partial charge is 0.381 e. The van der Waals surface area contributed by atoms with Crippen molar-refractivity contribution < 1.29 is 4.74 Å². The lowest BCUT2D eigenvalue weighted by Crippen LogP contribution is -2.37. The summed E-state index contributed by atoms with van der Waals surface area (Å²) in [5.74, 6) is 0.860. The molecular formula is C12H18ClN3O. The van der Waals surface area contributed by atoms with E-state index in [4.69, 9.17) is 22.1 Å². The first-order valence-electron chi connectivity index (χ1n) is 5.87. The van der Waals surface area contributed by atoms with Crippen molar-refractivity contribution in [2.45, 2.75) is 25.5 Å². The van der Waals surface area contributed by atoms with E-state index >= 15 is 0 Å². The zero-order chi connectivity index (χ0) is 12.3. The summed E-state index contributed by atoms with van der Waals surface area (Å²) < 4.78 is 5.35. The second-order valence-corrected chi connectivity index (χ2v) is 4.68. The number of pyridine rings is 1. The molecule has 17 heavy (non-hydrogen) atoms. The molecule has 0 bridgehead atoms. The normalized spacial score (nSPS) is 17.5. The van der Waals surface area contributed by atoms with Gasteiger partial charge in [-0.2, -0.15) is 0 Å². The lowest BCUT2D eigenvalue weighted by Gasteiger charge is -2.32. The zero-order valence-corrected chi connectivity index (χ0v) is 10.8. The lowest BCUT2D eigenvalue weighted by molar-refractivity contribution is 0.0818. The maximum Gasteiger partial charge on any atom is 0.147 e. The predicted molar refractivity (Wildman–Crippen MR) is 69.4 cm³/mol. The Hall–Kier alpha value is -0.840. The third-order valence-electron chi connectivity index (χ3n) is 3.19. The second kappa shape index (κ2) is 5.67. The molecule has 2 rings (SSSR count). The Morgan fingerprint density at radius 3 is 2.76 bits per heavy atom. The zero-order valence-electron chi connectivity index (χ0n) is 10.0. The number of halogens is 1. The van der Waals surface area contributed by atoms with Crippen molar-refractivity contribution in [2.75, 3.05) is 25.1 Å². The first kappa shape index (κ1) is 12.6. The van der Waals surface area contributed by atoms with E-state index in [1.165, 1.54) is 0 Å². The van der Waals surface area contributed by atoms with Crippen LogP contribution in [-0.4, -0.2) is 31.3 Å². The summed E-state index contributed by atoms with van der Waals surface area (Å²) in [6.45, 7) is 2.35. The van der Waals surface area contributed by atoms with Crippen LogP contribution in [0.4, 0.5) is 5.82 Å². The molecule has 0 saturated carbocycles. The number of piperidine rings is 1. The lowest BCUT2D eigenvalue weighted by atomic mass is 10.1. The molecule has 1 aromatic heterocycles. The SMILES string of the molecule is COC1CCN(c2ncc(CN)cc2Cl)CC1. The third kappa shape index (κ3) is 2.89. The van der Waals surface area contributed by atoms with Crippen molar-refractivity contribution in [3.63, 3.8) is 0 Å². The van der Waals surface area contributed by atoms with Gasteiger partial charge in [0.1, 0.15) is 5.82 Å². The predicted octanol–water partition coefficient (Wildman–Crippen LogP) is 1.81. The van der Waals surface area contributed by atoms with Crippen LogP contribution in [0.25, 0.3) is 0 Å². The van der Waals surface area contributed by atoms with E-state index in [1.54, 1.807) is 13.3 Å². The van der Waals surface area contributed by atoms with Crippen molar-refractivity contribution in [3.8, 4) is 0 Å². The number of nitrogens with two attached hydrogens (primary N) is 1. The summed E-state index contributed by atoms with van der Waals surface area (Å²) in [6.07, 6.45) is 4.21. The quantitative estimate of drug-likeness (QED) is 0.895. The second-order valence-electron chi connectivity index (χ2n) is 4.28. The molecule has 1 aliphatic heterocycles. The van der Waals surface area contributed by atoms with Crippen molar-refractivity contribution in [2.24, 2.45) is 5.73 Å². The fourth-order valence-corrected chi connectivity index (χ4v) is 2.43. The molecule has 0 spiro atoms. The molecule has 4 nitrogen and oxygen atoms in total. The van der Waals surface area contributed by atoms with E-state index in [0.717, 1.165) is 37.3 Å². The minimum atomic E-state index is 0.369. The van der Waals surface area contributed by atoms with E-state index in [-0.39, 0.29) is 0 Å². The van der Waals surface area contributed by atoms with Crippen LogP contribution in [0.1, 0.15) is 18.4 Å². The van der Waals surface area contributed by atoms with Crippen molar-refractivity contribution in [3.05, 3.63) is 22.8 Å². The molecule has 0 unspecified atom stereocenters. The van der Waals surface area contributed by atoms with Gasteiger partial charge >= 0.3 is 0 Å². The van der Waals surface area contributed by atoms with Crippen LogP contribution in [-0.2, 0) is 11.3 Å². The van der Waals surface area contributed by atoms with Gasteiger partial charge in [-0.25, -0.2) is 4.98 Å². The van der Waals surface area contributed by atoms with E-state index < -0.39 is 0 Å². The Morgan fingerprint density at radius 2 is 2.24 bits per heavy atom. The van der Waals surface area contributed by atoms with Gasteiger partial charge in [0.05, 0.1) is 11.1 Å². The molecule has 0 atom stereocenters. The Labute approximate surface area is 107 Å². The topological polar surface area (TPSA) is 51.4 Å². The highest BCUT2D eigenvalue weighted by Crippen LogP contribution is 2.27. The third-order valence-corrected chi connectivity index (χ3v) is 3.47. The molecule has 1 saturated heterocycles. The average Bonchev–Trinajstić information content (AvgIpc) is 2.39. The Bertz CT molecular complexity index is 378. The molecule has 5 heteroatoms. The van der Waals surface area contributed by atoms with Crippen molar-refractivity contribution >= 4 is 17.4 Å². The van der Waals surface area contributed by atoms with Crippen LogP contribution in [0.15, 0.2) is 12.3 Å². The molecule has 2 N–H and O–H groups in total. The number of methoxy groups -OCH3 is 1. The highest BCUT2D eigenvalue weighted by molar-refractivity contribution is 6.33. The minimum absolute atomic E-state index is 0.369. The van der Waals surface area contributed by atoms with Gasteiger partial charge in [0.15, 0.2) is 0 Å². The van der Waals surface area contributed by atoms with Gasteiger partial charge in [-0.1, -0.05) is 11.6 Å². The summed E-state index contributed by atoms with van der Waals surface area (Å²) in [5.41, 5.74) is 6.52. The number of hydrogen-bond donors (Lipinski definition) is 1. The van der Waals surface area contributed by atoms with E-state index in [9.17, 15) is 0 Å². The van der Waals surface area contributed by atoms with Gasteiger partial charge in [-0.15, -0.1) is 0 Å². The van der Waals surface area contributed by atoms with Crippen LogP contribution in [0, 0.1) is 0 Å². The number of ether oxygens (including phenoxy) is 1. The smallest absolute Gasteiger partial charge is 0.147 e. The van der Waals surface area contributed by atoms with Crippen molar-refractivity contribution in [1.82, 2.24) is 4.98 Å². The molecular weight excluding hydrogens is 238 g/mol. The van der Waals surface area contributed by atoms with Crippen LogP contribution in [0.5, 0.6) is 0 Å². The summed E-state index contributed by atoms with van der Waals surface area (Å²) in [4.78, 5) is 6.60. The first-order valence-corrected chi connectivity index (χ1v) is 6.24. The molecule has 1 fully saturated rings. The maximum absolute atomic E-state index is 6.22. The Balaban J connectivity index is 2.08. The molecule has 0 radical (unpaired) electrons. The van der Waals surface area contributed by atoms with Crippen LogP contribution in [0.3, 0.4) is 0 Å². The summed E-state index contributed by atoms with van der Waals surface area (Å²) >= 11 is 6.22. The van der Waals surface area contributed by atoms with Crippen LogP contribution in [0.2, 0.25) is 5.02 Å². The molecule has 1 aliphatic rings. The highest BCUT2D eigenvalue weighted by Gasteiger charge is 2.21. The summed E-state index contributed by atoms with van der Waals surface area (Å²) in [7, 11) is 1.77. The van der Waals surface area contributed by atoms with Gasteiger partial charge in [-0.05, 0) is 24.5 Å². The van der Waals surface area contributed by atoms with Gasteiger partial charge in [-0.3, -0.25) is 0 Å². The van der Waals surface area contributed by atoms with Crippen LogP contribution >= 0.6 is 11.6 Å². The monoisotopic (exact) mass is 255 g/mol. The number of anilines is 1. The van der Waals surface area contributed by atoms with Crippen molar-refractivity contribution in [1.29, 1.82) is 0 Å². The number of rotatable bonds is 3. The molecule has 2 heterocycles. The van der Waals surface area contributed by atoms with E-state index in [0.29, 0.717) is 17.7 Å². The fourth-order valence-electron chi connectivity index (χ4n) is 2.12. The van der Waals surface area contributed by atoms with Gasteiger partial charge < -0.3 is 15.4 Å². The van der Waals surface area contributed by atoms with Crippen LogP contribution < -0.4 is 10.6 Å². The first-order chi connectivity index (χ1) is 8.24. The minimum Gasteiger partial charge on any atom is -0.381 e. The number of hydrogen-bond acceptors (Lipinski definition) is 4. The summed E-state index contributed by atoms with van der Waals surface area (Å²) in [6, 6.07) is 1.90. The van der Waals surface area contributed by atoms with E-state index in [1.807, 2.05) is 6.07 Å². The number of nitrogens with zero attached hydrogens (tertiary/aromatic N) is 2. The molecule has 0 aliphatic carbocycles. The number of aromatic nitrogens is 1. The fraction of sp³-hybridized carbons (Fsp3) is 0.583. The van der Waals surface area contributed by atoms with Gasteiger partial charge in [0.2, 0.25) is 0 Å². The van der Waals surface area contributed by atoms with Gasteiger partial charge in [0.25, 0.3) is 0 Å². The maximum atomic E-state index is 6.22. The van der Waals surface area contributed by atoms with E-state index in [2.05, 4.69) is 9.88 Å². The molecule has 0 amide bonds. The average molecular weight is 256 g/mol. The van der Waals surface area contributed by atoms with Gasteiger partial charge in [0, 0.05) is 32.9 Å². The standard InChI is InChI=1S/C12H18ClN3O/c1-17-10-2-4-16(5-3-10)12-11(13)6-9(7-14)8-15-12/h6,8,10H,2-5,7,14H2,1H3.